The molecule has 3 heterocycles. The molecule has 1 aliphatic rings. The minimum atomic E-state index is -4.36. The van der Waals surface area contributed by atoms with Gasteiger partial charge in [-0.05, 0) is 47.7 Å². The van der Waals surface area contributed by atoms with Crippen molar-refractivity contribution in [3.8, 4) is 5.69 Å². The van der Waals surface area contributed by atoms with Crippen molar-refractivity contribution in [2.24, 2.45) is 0 Å². The van der Waals surface area contributed by atoms with Crippen LogP contribution in [0.2, 0.25) is 0 Å². The van der Waals surface area contributed by atoms with Gasteiger partial charge in [0.05, 0.1) is 11.3 Å². The summed E-state index contributed by atoms with van der Waals surface area (Å²) in [6.07, 6.45) is -1.77. The van der Waals surface area contributed by atoms with Gasteiger partial charge in [0.2, 0.25) is 0 Å². The highest BCUT2D eigenvalue weighted by atomic mass is 19.4. The quantitative estimate of drug-likeness (QED) is 0.615. The molecule has 0 aliphatic carbocycles. The molecule has 0 radical (unpaired) electrons. The van der Waals surface area contributed by atoms with Crippen LogP contribution in [0, 0.1) is 0 Å². The average molecular weight is 417 g/mol. The highest BCUT2D eigenvalue weighted by Gasteiger charge is 2.31. The van der Waals surface area contributed by atoms with Gasteiger partial charge in [0.1, 0.15) is 5.82 Å². The minimum absolute atomic E-state index is 0.588. The van der Waals surface area contributed by atoms with Crippen molar-refractivity contribution in [2.45, 2.75) is 19.0 Å². The molecule has 0 saturated carbocycles. The van der Waals surface area contributed by atoms with Crippen LogP contribution in [0.15, 0.2) is 48.7 Å². The lowest BCUT2D eigenvalue weighted by Gasteiger charge is -2.35. The molecule has 1 aliphatic heterocycles. The zero-order valence-corrected chi connectivity index (χ0v) is 16.3. The summed E-state index contributed by atoms with van der Waals surface area (Å²) in [5, 5.41) is 12.0. The first-order chi connectivity index (χ1) is 14.5. The Morgan fingerprint density at radius 1 is 0.933 bits per heavy atom. The number of aryl methyl sites for hydroxylation is 1. The fraction of sp³-hybridized carbons (Fsp3) is 0.400. The highest BCUT2D eigenvalue weighted by molar-refractivity contribution is 5.40. The molecule has 7 nitrogen and oxygen atoms in total. The van der Waals surface area contributed by atoms with Crippen LogP contribution in [-0.2, 0) is 12.6 Å². The van der Waals surface area contributed by atoms with Crippen molar-refractivity contribution >= 4 is 5.82 Å². The predicted molar refractivity (Wildman–Crippen MR) is 105 cm³/mol. The van der Waals surface area contributed by atoms with Crippen molar-refractivity contribution in [2.75, 3.05) is 37.6 Å². The number of hydrogen-bond acceptors (Lipinski definition) is 6. The molecule has 3 aromatic rings. The SMILES string of the molecule is FC(F)(F)c1ccc(N2CCN(CCCc3nnnn3-c3ccccc3)CC2)nc1. The normalized spacial score (nSPS) is 15.5. The minimum Gasteiger partial charge on any atom is -0.354 e. The Morgan fingerprint density at radius 2 is 1.70 bits per heavy atom. The number of alkyl halides is 3. The van der Waals surface area contributed by atoms with E-state index in [-0.39, 0.29) is 0 Å². The molecule has 2 aromatic heterocycles. The molecule has 30 heavy (non-hydrogen) atoms. The first-order valence-electron chi connectivity index (χ1n) is 9.84. The van der Waals surface area contributed by atoms with Gasteiger partial charge in [0.25, 0.3) is 0 Å². The number of benzene rings is 1. The Morgan fingerprint density at radius 3 is 2.37 bits per heavy atom. The Bertz CT molecular complexity index is 933. The summed E-state index contributed by atoms with van der Waals surface area (Å²) in [7, 11) is 0. The topological polar surface area (TPSA) is 63.0 Å². The monoisotopic (exact) mass is 417 g/mol. The fourth-order valence-electron chi connectivity index (χ4n) is 3.53. The van der Waals surface area contributed by atoms with Crippen LogP contribution in [0.5, 0.6) is 0 Å². The molecule has 0 N–H and O–H groups in total. The fourth-order valence-corrected chi connectivity index (χ4v) is 3.53. The van der Waals surface area contributed by atoms with Gasteiger partial charge < -0.3 is 4.90 Å². The molecular formula is C20H22F3N7. The van der Waals surface area contributed by atoms with E-state index in [9.17, 15) is 13.2 Å². The third kappa shape index (κ3) is 4.76. The third-order valence-electron chi connectivity index (χ3n) is 5.18. The average Bonchev–Trinajstić information content (AvgIpc) is 3.23. The van der Waals surface area contributed by atoms with Crippen LogP contribution in [-0.4, -0.2) is 62.8 Å². The van der Waals surface area contributed by atoms with Gasteiger partial charge in [-0.25, -0.2) is 4.98 Å². The summed E-state index contributed by atoms with van der Waals surface area (Å²) < 4.78 is 39.8. The van der Waals surface area contributed by atoms with E-state index < -0.39 is 11.7 Å². The van der Waals surface area contributed by atoms with E-state index in [2.05, 4.69) is 25.4 Å². The second kappa shape index (κ2) is 8.78. The zero-order valence-electron chi connectivity index (χ0n) is 16.3. The van der Waals surface area contributed by atoms with Gasteiger partial charge in [-0.1, -0.05) is 18.2 Å². The van der Waals surface area contributed by atoms with Gasteiger partial charge in [-0.3, -0.25) is 4.90 Å². The summed E-state index contributed by atoms with van der Waals surface area (Å²) in [5.74, 6) is 1.42. The largest absolute Gasteiger partial charge is 0.417 e. The van der Waals surface area contributed by atoms with Crippen molar-refractivity contribution < 1.29 is 13.2 Å². The Labute approximate surface area is 172 Å². The van der Waals surface area contributed by atoms with Crippen LogP contribution in [0.1, 0.15) is 17.8 Å². The van der Waals surface area contributed by atoms with Gasteiger partial charge in [0.15, 0.2) is 5.82 Å². The molecule has 1 fully saturated rings. The maximum absolute atomic E-state index is 12.7. The Balaban J connectivity index is 1.25. The van der Waals surface area contributed by atoms with Gasteiger partial charge in [0, 0.05) is 38.8 Å². The van der Waals surface area contributed by atoms with E-state index in [0.29, 0.717) is 5.82 Å². The first kappa shape index (κ1) is 20.3. The number of piperazine rings is 1. The molecule has 0 amide bonds. The smallest absolute Gasteiger partial charge is 0.354 e. The first-order valence-corrected chi connectivity index (χ1v) is 9.84. The number of aromatic nitrogens is 5. The van der Waals surface area contributed by atoms with E-state index in [1.165, 1.54) is 6.07 Å². The maximum atomic E-state index is 12.7. The summed E-state index contributed by atoms with van der Waals surface area (Å²) in [6.45, 7) is 4.06. The molecule has 1 saturated heterocycles. The van der Waals surface area contributed by atoms with Gasteiger partial charge in [-0.15, -0.1) is 5.10 Å². The molecule has 0 atom stereocenters. The molecule has 158 valence electrons. The van der Waals surface area contributed by atoms with Crippen molar-refractivity contribution in [1.29, 1.82) is 0 Å². The number of hydrogen-bond donors (Lipinski definition) is 0. The van der Waals surface area contributed by atoms with E-state index in [4.69, 9.17) is 0 Å². The van der Waals surface area contributed by atoms with Crippen molar-refractivity contribution in [3.63, 3.8) is 0 Å². The molecular weight excluding hydrogens is 395 g/mol. The molecule has 0 spiro atoms. The number of tetrazole rings is 1. The van der Waals surface area contributed by atoms with E-state index in [1.54, 1.807) is 4.68 Å². The Kier molecular flexibility index (Phi) is 5.93. The van der Waals surface area contributed by atoms with Crippen LogP contribution in [0.3, 0.4) is 0 Å². The second-order valence-electron chi connectivity index (χ2n) is 7.18. The summed E-state index contributed by atoms with van der Waals surface area (Å²) in [4.78, 5) is 8.36. The summed E-state index contributed by atoms with van der Waals surface area (Å²) in [6, 6.07) is 12.3. The molecule has 4 rings (SSSR count). The van der Waals surface area contributed by atoms with Crippen LogP contribution in [0.25, 0.3) is 5.69 Å². The van der Waals surface area contributed by atoms with Crippen LogP contribution in [0.4, 0.5) is 19.0 Å². The molecule has 0 unspecified atom stereocenters. The number of pyridine rings is 1. The van der Waals surface area contributed by atoms with E-state index >= 15 is 0 Å². The third-order valence-corrected chi connectivity index (χ3v) is 5.18. The highest BCUT2D eigenvalue weighted by Crippen LogP contribution is 2.29. The molecule has 10 heteroatoms. The summed E-state index contributed by atoms with van der Waals surface area (Å²) in [5.41, 5.74) is 0.220. The zero-order chi connectivity index (χ0) is 21.0. The number of rotatable bonds is 6. The Hall–Kier alpha value is -3.01. The maximum Gasteiger partial charge on any atom is 0.417 e. The van der Waals surface area contributed by atoms with Gasteiger partial charge in [-0.2, -0.15) is 17.9 Å². The van der Waals surface area contributed by atoms with E-state index in [0.717, 1.165) is 69.3 Å². The number of anilines is 1. The lowest BCUT2D eigenvalue weighted by molar-refractivity contribution is -0.137. The number of nitrogens with zero attached hydrogens (tertiary/aromatic N) is 7. The lowest BCUT2D eigenvalue weighted by atomic mass is 10.2. The second-order valence-corrected chi connectivity index (χ2v) is 7.18. The van der Waals surface area contributed by atoms with Crippen molar-refractivity contribution in [1.82, 2.24) is 30.1 Å². The van der Waals surface area contributed by atoms with Crippen molar-refractivity contribution in [3.05, 3.63) is 60.0 Å². The molecule has 0 bridgehead atoms. The molecule has 1 aromatic carbocycles. The van der Waals surface area contributed by atoms with Crippen LogP contribution >= 0.6 is 0 Å². The van der Waals surface area contributed by atoms with Gasteiger partial charge >= 0.3 is 6.18 Å². The summed E-state index contributed by atoms with van der Waals surface area (Å²) >= 11 is 0. The lowest BCUT2D eigenvalue weighted by Crippen LogP contribution is -2.47. The number of para-hydroxylation sites is 1. The predicted octanol–water partition coefficient (Wildman–Crippen LogP) is 2.83. The number of halogens is 3. The standard InChI is InChI=1S/C20H22F3N7/c21-20(22,23)16-8-9-18(24-15-16)29-13-11-28(12-14-29)10-4-7-19-25-26-27-30(19)17-5-2-1-3-6-17/h1-3,5-6,8-9,15H,4,7,10-14H2. The van der Waals surface area contributed by atoms with E-state index in [1.807, 2.05) is 35.2 Å². The van der Waals surface area contributed by atoms with Crippen LogP contribution < -0.4 is 4.90 Å².